The molecule has 0 spiro atoms. The summed E-state index contributed by atoms with van der Waals surface area (Å²) >= 11 is 6.29. The van der Waals surface area contributed by atoms with Crippen LogP contribution in [0.4, 0.5) is 9.59 Å². The Morgan fingerprint density at radius 1 is 1.00 bits per heavy atom. The molecular formula is C29H43ClN4O7. The summed E-state index contributed by atoms with van der Waals surface area (Å²) in [6.07, 6.45) is 0.0443. The molecule has 11 nitrogen and oxygen atoms in total. The first-order valence-electron chi connectivity index (χ1n) is 14.0. The molecule has 2 aliphatic heterocycles. The number of likely N-dealkylation sites (tertiary alicyclic amines) is 2. The zero-order valence-electron chi connectivity index (χ0n) is 25.0. The van der Waals surface area contributed by atoms with Gasteiger partial charge in [0.15, 0.2) is 0 Å². The quantitative estimate of drug-likeness (QED) is 0.509. The highest BCUT2D eigenvalue weighted by Crippen LogP contribution is 2.29. The molecule has 2 heterocycles. The van der Waals surface area contributed by atoms with Crippen molar-refractivity contribution in [3.05, 3.63) is 28.8 Å². The lowest BCUT2D eigenvalue weighted by Gasteiger charge is -2.35. The Hall–Kier alpha value is -3.21. The number of halogens is 1. The van der Waals surface area contributed by atoms with Gasteiger partial charge in [0.25, 0.3) is 0 Å². The monoisotopic (exact) mass is 594 g/mol. The summed E-state index contributed by atoms with van der Waals surface area (Å²) in [6, 6.07) is 4.33. The van der Waals surface area contributed by atoms with Gasteiger partial charge in [-0.15, -0.1) is 0 Å². The van der Waals surface area contributed by atoms with Gasteiger partial charge in [-0.2, -0.15) is 0 Å². The van der Waals surface area contributed by atoms with E-state index in [9.17, 15) is 19.2 Å². The van der Waals surface area contributed by atoms with Crippen LogP contribution < -0.4 is 15.4 Å². The Morgan fingerprint density at radius 2 is 1.63 bits per heavy atom. The van der Waals surface area contributed by atoms with Crippen molar-refractivity contribution in [3.8, 4) is 5.75 Å². The minimum atomic E-state index is -0.794. The Morgan fingerprint density at radius 3 is 2.24 bits per heavy atom. The van der Waals surface area contributed by atoms with Gasteiger partial charge in [-0.05, 0) is 72.6 Å². The summed E-state index contributed by atoms with van der Waals surface area (Å²) in [4.78, 5) is 54.3. The predicted molar refractivity (Wildman–Crippen MR) is 154 cm³/mol. The molecule has 0 saturated carbocycles. The van der Waals surface area contributed by atoms with Gasteiger partial charge in [0, 0.05) is 38.5 Å². The maximum Gasteiger partial charge on any atom is 0.411 e. The van der Waals surface area contributed by atoms with Crippen LogP contribution in [0.1, 0.15) is 66.4 Å². The van der Waals surface area contributed by atoms with Crippen molar-refractivity contribution >= 4 is 35.6 Å². The van der Waals surface area contributed by atoms with E-state index in [0.29, 0.717) is 36.7 Å². The minimum Gasteiger partial charge on any atom is -0.489 e. The molecule has 228 valence electrons. The number of amides is 4. The topological polar surface area (TPSA) is 127 Å². The van der Waals surface area contributed by atoms with Crippen LogP contribution in [0, 0.1) is 6.92 Å². The van der Waals surface area contributed by atoms with Gasteiger partial charge in [-0.1, -0.05) is 17.7 Å². The molecule has 2 fully saturated rings. The van der Waals surface area contributed by atoms with Crippen LogP contribution in [-0.4, -0.2) is 89.4 Å². The Bertz CT molecular complexity index is 1120. The smallest absolute Gasteiger partial charge is 0.411 e. The first-order chi connectivity index (χ1) is 19.0. The van der Waals surface area contributed by atoms with Crippen LogP contribution in [0.5, 0.6) is 5.75 Å². The Kier molecular flexibility index (Phi) is 10.4. The standard InChI is InChI=1S/C29H43ClN4O7/c1-18-8-9-21(30)23(14-18)39-20-10-12-33(13-11-20)25(36)22-15-19(17-34(22)27(38)41-29(5,6)7)32-24(35)16-31-26(37)40-28(2,3)4/h8-9,14,19-20,22H,10-13,15-17H2,1-7H3,(H,31,37)(H,32,35)/t19-,22+/m1/s1. The third-order valence-corrected chi connectivity index (χ3v) is 6.82. The molecule has 0 bridgehead atoms. The lowest BCUT2D eigenvalue weighted by Crippen LogP contribution is -2.51. The molecule has 2 N–H and O–H groups in total. The molecular weight excluding hydrogens is 552 g/mol. The number of hydrogen-bond donors (Lipinski definition) is 2. The molecule has 2 atom stereocenters. The van der Waals surface area contributed by atoms with E-state index < -0.39 is 41.4 Å². The maximum absolute atomic E-state index is 13.7. The molecule has 3 rings (SSSR count). The first-order valence-corrected chi connectivity index (χ1v) is 14.4. The van der Waals surface area contributed by atoms with Crippen LogP contribution in [0.3, 0.4) is 0 Å². The lowest BCUT2D eigenvalue weighted by atomic mass is 10.0. The van der Waals surface area contributed by atoms with Gasteiger partial charge in [0.2, 0.25) is 11.8 Å². The van der Waals surface area contributed by atoms with Crippen molar-refractivity contribution in [2.45, 2.75) is 97.1 Å². The number of nitrogens with zero attached hydrogens (tertiary/aromatic N) is 2. The second-order valence-electron chi connectivity index (χ2n) is 12.6. The van der Waals surface area contributed by atoms with Gasteiger partial charge >= 0.3 is 12.2 Å². The molecule has 4 amide bonds. The molecule has 1 aromatic rings. The van der Waals surface area contributed by atoms with Gasteiger partial charge in [0.05, 0.1) is 5.02 Å². The van der Waals surface area contributed by atoms with Gasteiger partial charge in [0.1, 0.15) is 35.6 Å². The van der Waals surface area contributed by atoms with Gasteiger partial charge in [-0.3, -0.25) is 14.5 Å². The number of benzene rings is 1. The largest absolute Gasteiger partial charge is 0.489 e. The number of alkyl carbamates (subject to hydrolysis) is 1. The molecule has 2 aliphatic rings. The average molecular weight is 595 g/mol. The summed E-state index contributed by atoms with van der Waals surface area (Å²) in [5.41, 5.74) is -0.402. The molecule has 0 radical (unpaired) electrons. The summed E-state index contributed by atoms with van der Waals surface area (Å²) in [5, 5.41) is 5.78. The van der Waals surface area contributed by atoms with Crippen molar-refractivity contribution in [2.24, 2.45) is 0 Å². The number of aryl methyl sites for hydroxylation is 1. The van der Waals surface area contributed by atoms with Gasteiger partial charge < -0.3 is 29.7 Å². The highest BCUT2D eigenvalue weighted by atomic mass is 35.5. The lowest BCUT2D eigenvalue weighted by molar-refractivity contribution is -0.137. The highest BCUT2D eigenvalue weighted by Gasteiger charge is 2.44. The Labute approximate surface area is 247 Å². The van der Waals surface area contributed by atoms with Crippen molar-refractivity contribution in [3.63, 3.8) is 0 Å². The van der Waals surface area contributed by atoms with E-state index in [1.807, 2.05) is 19.1 Å². The van der Waals surface area contributed by atoms with E-state index in [2.05, 4.69) is 10.6 Å². The van der Waals surface area contributed by atoms with E-state index in [0.717, 1.165) is 5.56 Å². The summed E-state index contributed by atoms with van der Waals surface area (Å²) in [5.74, 6) is -0.0273. The molecule has 1 aromatic carbocycles. The maximum atomic E-state index is 13.7. The molecule has 41 heavy (non-hydrogen) atoms. The number of piperidine rings is 1. The molecule has 2 saturated heterocycles. The van der Waals surface area contributed by atoms with E-state index in [4.69, 9.17) is 25.8 Å². The van der Waals surface area contributed by atoms with Crippen LogP contribution in [-0.2, 0) is 19.1 Å². The fourth-order valence-corrected chi connectivity index (χ4v) is 4.89. The third-order valence-electron chi connectivity index (χ3n) is 6.51. The fourth-order valence-electron chi connectivity index (χ4n) is 4.73. The van der Waals surface area contributed by atoms with Crippen molar-refractivity contribution < 1.29 is 33.4 Å². The van der Waals surface area contributed by atoms with Crippen LogP contribution in [0.15, 0.2) is 18.2 Å². The molecule has 0 aromatic heterocycles. The minimum absolute atomic E-state index is 0.0894. The summed E-state index contributed by atoms with van der Waals surface area (Å²) < 4.78 is 16.8. The summed E-state index contributed by atoms with van der Waals surface area (Å²) in [7, 11) is 0. The third kappa shape index (κ3) is 9.98. The summed E-state index contributed by atoms with van der Waals surface area (Å²) in [6.45, 7) is 13.1. The molecule has 0 aliphatic carbocycles. The van der Waals surface area contributed by atoms with Crippen molar-refractivity contribution in [2.75, 3.05) is 26.2 Å². The fraction of sp³-hybridized carbons (Fsp3) is 0.655. The number of ether oxygens (including phenoxy) is 3. The zero-order valence-corrected chi connectivity index (χ0v) is 25.8. The second-order valence-corrected chi connectivity index (χ2v) is 13.0. The first kappa shape index (κ1) is 32.3. The van der Waals surface area contributed by atoms with E-state index in [1.54, 1.807) is 52.5 Å². The second kappa shape index (κ2) is 13.2. The number of carbonyl (C=O) groups is 4. The van der Waals surface area contributed by atoms with Crippen LogP contribution >= 0.6 is 11.6 Å². The normalized spacial score (nSPS) is 19.9. The number of rotatable bonds is 6. The average Bonchev–Trinajstić information content (AvgIpc) is 3.27. The number of carbonyl (C=O) groups excluding carboxylic acids is 4. The molecule has 12 heteroatoms. The number of hydrogen-bond acceptors (Lipinski definition) is 7. The van der Waals surface area contributed by atoms with E-state index in [-0.39, 0.29) is 31.5 Å². The van der Waals surface area contributed by atoms with Crippen molar-refractivity contribution in [1.82, 2.24) is 20.4 Å². The highest BCUT2D eigenvalue weighted by molar-refractivity contribution is 6.32. The predicted octanol–water partition coefficient (Wildman–Crippen LogP) is 4.04. The van der Waals surface area contributed by atoms with Crippen LogP contribution in [0.2, 0.25) is 5.02 Å². The Balaban J connectivity index is 1.60. The van der Waals surface area contributed by atoms with Crippen LogP contribution in [0.25, 0.3) is 0 Å². The van der Waals surface area contributed by atoms with E-state index in [1.165, 1.54) is 4.90 Å². The molecule has 0 unspecified atom stereocenters. The SMILES string of the molecule is Cc1ccc(Cl)c(OC2CCN(C(=O)[C@@H]3C[C@@H](NC(=O)CNC(=O)OC(C)(C)C)CN3C(=O)OC(C)(C)C)CC2)c1. The van der Waals surface area contributed by atoms with Gasteiger partial charge in [-0.25, -0.2) is 9.59 Å². The zero-order chi connectivity index (χ0) is 30.5. The number of nitrogens with one attached hydrogen (secondary N) is 2. The van der Waals surface area contributed by atoms with Crippen molar-refractivity contribution in [1.29, 1.82) is 0 Å². The van der Waals surface area contributed by atoms with E-state index >= 15 is 0 Å².